The number of nitrogens with one attached hydrogen (secondary N) is 1. The largest absolute Gasteiger partial charge is 0.481 e. The highest BCUT2D eigenvalue weighted by molar-refractivity contribution is 9.10. The lowest BCUT2D eigenvalue weighted by molar-refractivity contribution is -0.139. The van der Waals surface area contributed by atoms with E-state index in [0.717, 1.165) is 41.4 Å². The Hall–Kier alpha value is -3.90. The first kappa shape index (κ1) is 39.1. The van der Waals surface area contributed by atoms with Gasteiger partial charge in [0, 0.05) is 22.1 Å². The van der Waals surface area contributed by atoms with Crippen molar-refractivity contribution in [1.29, 1.82) is 0 Å². The summed E-state index contributed by atoms with van der Waals surface area (Å²) in [6.45, 7) is 3.19. The fraction of sp³-hybridized carbons (Fsp3) is 0.312. The third-order valence-electron chi connectivity index (χ3n) is 5.39. The molecule has 0 aliphatic heterocycles. The van der Waals surface area contributed by atoms with Crippen LogP contribution in [-0.4, -0.2) is 53.5 Å². The molecular weight excluding hydrogens is 616 g/mol. The molecule has 0 heterocycles. The minimum Gasteiger partial charge on any atom is -0.481 e. The Kier molecular flexibility index (Phi) is 22.4. The molecule has 0 bridgehead atoms. The van der Waals surface area contributed by atoms with Crippen LogP contribution < -0.4 is 22.5 Å². The van der Waals surface area contributed by atoms with Gasteiger partial charge in [0.05, 0.1) is 6.42 Å². The molecule has 234 valence electrons. The first-order valence-electron chi connectivity index (χ1n) is 13.8. The van der Waals surface area contributed by atoms with Gasteiger partial charge in [0.25, 0.3) is 0 Å². The molecule has 0 aromatic heterocycles. The van der Waals surface area contributed by atoms with Gasteiger partial charge in [0.2, 0.25) is 5.91 Å². The molecule has 43 heavy (non-hydrogen) atoms. The molecule has 3 aromatic carbocycles. The predicted molar refractivity (Wildman–Crippen MR) is 174 cm³/mol. The van der Waals surface area contributed by atoms with Gasteiger partial charge in [0.15, 0.2) is 0 Å². The summed E-state index contributed by atoms with van der Waals surface area (Å²) >= 11 is 3.26. The van der Waals surface area contributed by atoms with Gasteiger partial charge in [-0.15, -0.1) is 0 Å². The van der Waals surface area contributed by atoms with Gasteiger partial charge >= 0.3 is 11.9 Å². The van der Waals surface area contributed by atoms with Crippen LogP contribution >= 0.6 is 15.9 Å². The fourth-order valence-corrected chi connectivity index (χ4v) is 3.41. The van der Waals surface area contributed by atoms with Crippen molar-refractivity contribution in [3.05, 3.63) is 100 Å². The highest BCUT2D eigenvalue weighted by atomic mass is 79.9. The summed E-state index contributed by atoms with van der Waals surface area (Å²) in [6, 6.07) is 23.5. The predicted octanol–water partition coefficient (Wildman–Crippen LogP) is 4.64. The van der Waals surface area contributed by atoms with Gasteiger partial charge < -0.3 is 32.7 Å². The number of anilines is 1. The second-order valence-electron chi connectivity index (χ2n) is 9.13. The summed E-state index contributed by atoms with van der Waals surface area (Å²) < 4.78 is 0.964. The lowest BCUT2D eigenvalue weighted by Gasteiger charge is -2.03. The smallest absolute Gasteiger partial charge is 0.320 e. The molecule has 0 aliphatic rings. The maximum Gasteiger partial charge on any atom is 0.320 e. The molecule has 3 rings (SSSR count). The molecule has 3 aromatic rings. The minimum absolute atomic E-state index is 0.00588. The first-order valence-corrected chi connectivity index (χ1v) is 14.6. The topological polar surface area (TPSA) is 199 Å². The van der Waals surface area contributed by atoms with Crippen molar-refractivity contribution >= 4 is 45.7 Å². The van der Waals surface area contributed by atoms with E-state index >= 15 is 0 Å². The average Bonchev–Trinajstić information content (AvgIpc) is 2.99. The Bertz CT molecular complexity index is 1190. The van der Waals surface area contributed by atoms with E-state index in [4.69, 9.17) is 27.4 Å². The van der Waals surface area contributed by atoms with Gasteiger partial charge in [0.1, 0.15) is 12.3 Å². The van der Waals surface area contributed by atoms with Crippen LogP contribution in [0.25, 0.3) is 0 Å². The zero-order valence-electron chi connectivity index (χ0n) is 24.5. The molecule has 0 saturated carbocycles. The maximum atomic E-state index is 11.2. The molecule has 0 unspecified atom stereocenters. The number of aldehydes is 1. The Morgan fingerprint density at radius 1 is 0.884 bits per heavy atom. The standard InChI is InChI=1S/C11H13NO2.C8H7BrO2.C8H11N.C5H12N2O2/c1-2-3-11(14)12-10-6-4-9(8-13)5-7-10;9-7-3-1-6(2-4-7)5-8(10)11;9-7-6-8-4-2-1-3-5-8;6-3-1-2-4(7)5(8)9/h4-8H,2-3H2,1H3,(H,12,14);1-4H,5H2,(H,10,11);1-5H,6-7,9H2;4H,1-3,6-7H2,(H,8,9)/t;;;4-/m...0/s1. The number of hydrogen-bond donors (Lipinski definition) is 6. The van der Waals surface area contributed by atoms with Crippen molar-refractivity contribution < 1.29 is 29.4 Å². The van der Waals surface area contributed by atoms with E-state index in [1.165, 1.54) is 5.56 Å². The van der Waals surface area contributed by atoms with E-state index in [0.29, 0.717) is 31.4 Å². The van der Waals surface area contributed by atoms with Gasteiger partial charge in [-0.25, -0.2) is 0 Å². The van der Waals surface area contributed by atoms with Crippen molar-refractivity contribution in [2.45, 2.75) is 51.5 Å². The molecule has 1 amide bonds. The summed E-state index contributed by atoms with van der Waals surface area (Å²) in [7, 11) is 0. The van der Waals surface area contributed by atoms with E-state index in [9.17, 15) is 19.2 Å². The fourth-order valence-electron chi connectivity index (χ4n) is 3.15. The van der Waals surface area contributed by atoms with Crippen molar-refractivity contribution in [3.8, 4) is 0 Å². The van der Waals surface area contributed by atoms with E-state index in [2.05, 4.69) is 33.4 Å². The van der Waals surface area contributed by atoms with Gasteiger partial charge in [-0.2, -0.15) is 0 Å². The van der Waals surface area contributed by atoms with Crippen LogP contribution in [0.5, 0.6) is 0 Å². The monoisotopic (exact) mass is 658 g/mol. The summed E-state index contributed by atoms with van der Waals surface area (Å²) in [5, 5.41) is 19.4. The zero-order valence-corrected chi connectivity index (χ0v) is 26.0. The van der Waals surface area contributed by atoms with Crippen LogP contribution in [0, 0.1) is 0 Å². The SMILES string of the molecule is CCCC(=O)Nc1ccc(C=O)cc1.NCCC[C@H](N)C(=O)O.NCCc1ccccc1.O=C(O)Cc1ccc(Br)cc1. The minimum atomic E-state index is -0.955. The summed E-state index contributed by atoms with van der Waals surface area (Å²) in [5.41, 5.74) is 19.1. The highest BCUT2D eigenvalue weighted by Gasteiger charge is 2.08. The third-order valence-corrected chi connectivity index (χ3v) is 5.92. The number of carbonyl (C=O) groups excluding carboxylic acids is 2. The molecule has 0 aliphatic carbocycles. The molecular formula is C32H43BrN4O6. The van der Waals surface area contributed by atoms with Crippen molar-refractivity contribution in [2.75, 3.05) is 18.4 Å². The Morgan fingerprint density at radius 2 is 1.49 bits per heavy atom. The molecule has 0 saturated heterocycles. The molecule has 0 spiro atoms. The van der Waals surface area contributed by atoms with E-state index in [1.54, 1.807) is 36.4 Å². The number of benzene rings is 3. The van der Waals surface area contributed by atoms with Crippen molar-refractivity contribution in [2.24, 2.45) is 17.2 Å². The number of carboxylic acids is 2. The summed E-state index contributed by atoms with van der Waals surface area (Å²) in [4.78, 5) is 41.8. The Morgan fingerprint density at radius 3 is 1.95 bits per heavy atom. The van der Waals surface area contributed by atoms with Crippen molar-refractivity contribution in [1.82, 2.24) is 0 Å². The second-order valence-corrected chi connectivity index (χ2v) is 10.1. The van der Waals surface area contributed by atoms with Crippen LogP contribution in [-0.2, 0) is 27.2 Å². The number of halogens is 1. The number of carbonyl (C=O) groups is 4. The lowest BCUT2D eigenvalue weighted by Crippen LogP contribution is -2.30. The molecule has 0 fully saturated rings. The Balaban J connectivity index is 0.000000557. The number of aliphatic carboxylic acids is 2. The second kappa shape index (κ2) is 24.7. The normalized spacial score (nSPS) is 10.3. The molecule has 9 N–H and O–H groups in total. The number of rotatable bonds is 12. The average molecular weight is 660 g/mol. The van der Waals surface area contributed by atoms with Crippen LogP contribution in [0.3, 0.4) is 0 Å². The van der Waals surface area contributed by atoms with E-state index in [1.807, 2.05) is 37.3 Å². The zero-order chi connectivity index (χ0) is 32.5. The number of nitrogens with two attached hydrogens (primary N) is 3. The maximum absolute atomic E-state index is 11.2. The number of hydrogen-bond acceptors (Lipinski definition) is 7. The molecule has 1 atom stereocenters. The number of carboxylic acid groups (broad SMARTS) is 2. The first-order chi connectivity index (χ1) is 20.6. The highest BCUT2D eigenvalue weighted by Crippen LogP contribution is 2.11. The van der Waals surface area contributed by atoms with Crippen LogP contribution in [0.4, 0.5) is 5.69 Å². The lowest BCUT2D eigenvalue weighted by atomic mass is 10.2. The third kappa shape index (κ3) is 21.5. The van der Waals surface area contributed by atoms with Gasteiger partial charge in [-0.3, -0.25) is 19.2 Å². The summed E-state index contributed by atoms with van der Waals surface area (Å²) in [5.74, 6) is -1.75. The van der Waals surface area contributed by atoms with Crippen LogP contribution in [0.1, 0.15) is 54.1 Å². The summed E-state index contributed by atoms with van der Waals surface area (Å²) in [6.07, 6.45) is 4.35. The molecule has 10 nitrogen and oxygen atoms in total. The van der Waals surface area contributed by atoms with Crippen LogP contribution in [0.15, 0.2) is 83.3 Å². The molecule has 11 heteroatoms. The Labute approximate surface area is 261 Å². The van der Waals surface area contributed by atoms with Crippen molar-refractivity contribution in [3.63, 3.8) is 0 Å². The number of amides is 1. The van der Waals surface area contributed by atoms with Gasteiger partial charge in [-0.05, 0) is 86.3 Å². The van der Waals surface area contributed by atoms with Gasteiger partial charge in [-0.1, -0.05) is 65.3 Å². The molecule has 0 radical (unpaired) electrons. The van der Waals surface area contributed by atoms with E-state index in [-0.39, 0.29) is 12.3 Å². The van der Waals surface area contributed by atoms with E-state index < -0.39 is 18.0 Å². The quantitative estimate of drug-likeness (QED) is 0.150. The van der Waals surface area contributed by atoms with Crippen LogP contribution in [0.2, 0.25) is 0 Å².